The molecule has 1 N–H and O–H groups in total. The molecule has 0 aliphatic heterocycles. The van der Waals surface area contributed by atoms with Crippen molar-refractivity contribution in [3.05, 3.63) is 63.2 Å². The van der Waals surface area contributed by atoms with Gasteiger partial charge in [0.1, 0.15) is 23.7 Å². The van der Waals surface area contributed by atoms with Gasteiger partial charge in [-0.2, -0.15) is 0 Å². The van der Waals surface area contributed by atoms with E-state index in [2.05, 4.69) is 5.32 Å². The third kappa shape index (κ3) is 6.13. The molecule has 10 heteroatoms. The highest BCUT2D eigenvalue weighted by Gasteiger charge is 2.19. The molecular formula is C18H17ClN2O7. The predicted molar refractivity (Wildman–Crippen MR) is 99.9 cm³/mol. The lowest BCUT2D eigenvalue weighted by Crippen LogP contribution is -2.32. The molecule has 2 aromatic carbocycles. The van der Waals surface area contributed by atoms with E-state index in [9.17, 15) is 19.7 Å². The minimum absolute atomic E-state index is 0.104. The van der Waals surface area contributed by atoms with Crippen LogP contribution in [0.3, 0.4) is 0 Å². The maximum Gasteiger partial charge on any atom is 0.342 e. The Morgan fingerprint density at radius 1 is 1.18 bits per heavy atom. The maximum absolute atomic E-state index is 12.1. The Balaban J connectivity index is 1.79. The molecular weight excluding hydrogens is 392 g/mol. The zero-order valence-corrected chi connectivity index (χ0v) is 15.6. The van der Waals surface area contributed by atoms with Gasteiger partial charge in [-0.15, -0.1) is 0 Å². The van der Waals surface area contributed by atoms with Gasteiger partial charge in [-0.3, -0.25) is 14.9 Å². The summed E-state index contributed by atoms with van der Waals surface area (Å²) in [5, 5.41) is 13.9. The fourth-order valence-corrected chi connectivity index (χ4v) is 2.25. The number of rotatable bonds is 9. The molecule has 1 amide bonds. The zero-order valence-electron chi connectivity index (χ0n) is 14.8. The molecule has 0 unspecified atom stereocenters. The van der Waals surface area contributed by atoms with Crippen LogP contribution in [-0.2, 0) is 9.53 Å². The first-order chi connectivity index (χ1) is 13.4. The summed E-state index contributed by atoms with van der Waals surface area (Å²) in [6.45, 7) is -0.148. The van der Waals surface area contributed by atoms with Gasteiger partial charge >= 0.3 is 5.97 Å². The normalized spacial score (nSPS) is 10.1. The van der Waals surface area contributed by atoms with Crippen LogP contribution in [-0.4, -0.2) is 43.7 Å². The van der Waals surface area contributed by atoms with Crippen LogP contribution in [0.4, 0.5) is 5.69 Å². The number of hydrogen-bond acceptors (Lipinski definition) is 7. The Bertz CT molecular complexity index is 856. The van der Waals surface area contributed by atoms with Crippen molar-refractivity contribution in [3.8, 4) is 11.5 Å². The Labute approximate surface area is 165 Å². The molecule has 0 radical (unpaired) electrons. The average Bonchev–Trinajstić information content (AvgIpc) is 2.70. The molecule has 0 bridgehead atoms. The van der Waals surface area contributed by atoms with E-state index in [1.54, 1.807) is 24.3 Å². The number of halogens is 1. The lowest BCUT2D eigenvalue weighted by Gasteiger charge is -2.10. The molecule has 0 fully saturated rings. The highest BCUT2D eigenvalue weighted by atomic mass is 35.5. The van der Waals surface area contributed by atoms with Crippen LogP contribution in [0.2, 0.25) is 5.02 Å². The van der Waals surface area contributed by atoms with E-state index in [0.29, 0.717) is 10.8 Å². The highest BCUT2D eigenvalue weighted by Crippen LogP contribution is 2.24. The van der Waals surface area contributed by atoms with Gasteiger partial charge in [0.25, 0.3) is 11.6 Å². The highest BCUT2D eigenvalue weighted by molar-refractivity contribution is 6.30. The standard InChI is InChI=1S/C18H17ClN2O7/c1-26-16-7-4-13(21(24)25)10-15(16)18(23)28-11-17(22)20-8-9-27-14-5-2-12(19)3-6-14/h2-7,10H,8-9,11H2,1H3,(H,20,22). The molecule has 0 aliphatic rings. The fourth-order valence-electron chi connectivity index (χ4n) is 2.12. The molecule has 0 saturated heterocycles. The SMILES string of the molecule is COc1ccc([N+](=O)[O-])cc1C(=O)OCC(=O)NCCOc1ccc(Cl)cc1. The topological polar surface area (TPSA) is 117 Å². The van der Waals surface area contributed by atoms with Gasteiger partial charge in [0, 0.05) is 17.2 Å². The Morgan fingerprint density at radius 2 is 1.89 bits per heavy atom. The number of nitro benzene ring substituents is 1. The van der Waals surface area contributed by atoms with Crippen molar-refractivity contribution >= 4 is 29.2 Å². The van der Waals surface area contributed by atoms with Gasteiger partial charge in [0.15, 0.2) is 6.61 Å². The van der Waals surface area contributed by atoms with Gasteiger partial charge in [-0.1, -0.05) is 11.6 Å². The molecule has 9 nitrogen and oxygen atoms in total. The van der Waals surface area contributed by atoms with E-state index in [1.807, 2.05) is 0 Å². The molecule has 148 valence electrons. The summed E-state index contributed by atoms with van der Waals surface area (Å²) in [7, 11) is 1.31. The van der Waals surface area contributed by atoms with Crippen molar-refractivity contribution in [2.24, 2.45) is 0 Å². The molecule has 0 heterocycles. The zero-order chi connectivity index (χ0) is 20.5. The number of nitrogens with one attached hydrogen (secondary N) is 1. The largest absolute Gasteiger partial charge is 0.496 e. The molecule has 2 rings (SSSR count). The summed E-state index contributed by atoms with van der Waals surface area (Å²) in [6, 6.07) is 10.2. The molecule has 0 spiro atoms. The number of carbonyl (C=O) groups is 2. The van der Waals surface area contributed by atoms with Crippen molar-refractivity contribution in [1.29, 1.82) is 0 Å². The Morgan fingerprint density at radius 3 is 2.54 bits per heavy atom. The van der Waals surface area contributed by atoms with Crippen LogP contribution < -0.4 is 14.8 Å². The number of nitro groups is 1. The third-order valence-corrected chi connectivity index (χ3v) is 3.71. The monoisotopic (exact) mass is 408 g/mol. The number of methoxy groups -OCH3 is 1. The van der Waals surface area contributed by atoms with Crippen LogP contribution in [0.25, 0.3) is 0 Å². The first kappa shape index (κ1) is 21.0. The number of benzene rings is 2. The second-order valence-electron chi connectivity index (χ2n) is 5.37. The van der Waals surface area contributed by atoms with Crippen LogP contribution in [0.5, 0.6) is 11.5 Å². The first-order valence-corrected chi connectivity index (χ1v) is 8.43. The van der Waals surface area contributed by atoms with Crippen LogP contribution in [0, 0.1) is 10.1 Å². The molecule has 28 heavy (non-hydrogen) atoms. The summed E-state index contributed by atoms with van der Waals surface area (Å²) in [4.78, 5) is 34.1. The van der Waals surface area contributed by atoms with Gasteiger partial charge in [-0.05, 0) is 30.3 Å². The van der Waals surface area contributed by atoms with E-state index >= 15 is 0 Å². The second-order valence-corrected chi connectivity index (χ2v) is 5.81. The summed E-state index contributed by atoms with van der Waals surface area (Å²) >= 11 is 5.77. The van der Waals surface area contributed by atoms with Crippen LogP contribution in [0.15, 0.2) is 42.5 Å². The number of nitrogens with zero attached hydrogens (tertiary/aromatic N) is 1. The molecule has 2 aromatic rings. The van der Waals surface area contributed by atoms with Crippen molar-refractivity contribution in [3.63, 3.8) is 0 Å². The lowest BCUT2D eigenvalue weighted by molar-refractivity contribution is -0.384. The minimum Gasteiger partial charge on any atom is -0.496 e. The molecule has 0 atom stereocenters. The van der Waals surface area contributed by atoms with Crippen molar-refractivity contribution in [2.45, 2.75) is 0 Å². The van der Waals surface area contributed by atoms with Crippen molar-refractivity contribution in [1.82, 2.24) is 5.32 Å². The maximum atomic E-state index is 12.1. The van der Waals surface area contributed by atoms with E-state index in [-0.39, 0.29) is 30.2 Å². The third-order valence-electron chi connectivity index (χ3n) is 3.45. The van der Waals surface area contributed by atoms with Crippen LogP contribution in [0.1, 0.15) is 10.4 Å². The fraction of sp³-hybridized carbons (Fsp3) is 0.222. The van der Waals surface area contributed by atoms with Gasteiger partial charge in [0.05, 0.1) is 18.6 Å². The number of hydrogen-bond donors (Lipinski definition) is 1. The number of amides is 1. The van der Waals surface area contributed by atoms with Crippen molar-refractivity contribution in [2.75, 3.05) is 26.9 Å². The lowest BCUT2D eigenvalue weighted by atomic mass is 10.2. The number of esters is 1. The number of carbonyl (C=O) groups excluding carboxylic acids is 2. The minimum atomic E-state index is -0.909. The Hall–Kier alpha value is -3.33. The summed E-state index contributed by atoms with van der Waals surface area (Å²) in [5.74, 6) is -0.749. The van der Waals surface area contributed by atoms with E-state index in [4.69, 9.17) is 25.8 Å². The quantitative estimate of drug-likeness (QED) is 0.293. The second kappa shape index (κ2) is 10.1. The van der Waals surface area contributed by atoms with Gasteiger partial charge in [0.2, 0.25) is 0 Å². The van der Waals surface area contributed by atoms with Crippen molar-refractivity contribution < 1.29 is 28.7 Å². The van der Waals surface area contributed by atoms with E-state index in [0.717, 1.165) is 6.07 Å². The summed E-state index contributed by atoms with van der Waals surface area (Å²) in [5.41, 5.74) is -0.438. The first-order valence-electron chi connectivity index (χ1n) is 8.05. The van der Waals surface area contributed by atoms with Crippen LogP contribution >= 0.6 is 11.6 Å². The molecule has 0 saturated carbocycles. The number of non-ortho nitro benzene ring substituents is 1. The van der Waals surface area contributed by atoms with Gasteiger partial charge < -0.3 is 19.5 Å². The smallest absolute Gasteiger partial charge is 0.342 e. The summed E-state index contributed by atoms with van der Waals surface area (Å²) < 4.78 is 15.3. The Kier molecular flexibility index (Phi) is 7.58. The van der Waals surface area contributed by atoms with E-state index in [1.165, 1.54) is 19.2 Å². The summed E-state index contributed by atoms with van der Waals surface area (Å²) in [6.07, 6.45) is 0. The molecule has 0 aromatic heterocycles. The molecule has 0 aliphatic carbocycles. The number of ether oxygens (including phenoxy) is 3. The average molecular weight is 409 g/mol. The van der Waals surface area contributed by atoms with E-state index < -0.39 is 23.4 Å². The van der Waals surface area contributed by atoms with Gasteiger partial charge in [-0.25, -0.2) is 4.79 Å². The predicted octanol–water partition coefficient (Wildman–Crippen LogP) is 2.61.